The lowest BCUT2D eigenvalue weighted by Crippen LogP contribution is -2.35. The molecular formula is C16H23N3O3. The summed E-state index contributed by atoms with van der Waals surface area (Å²) in [5, 5.41) is 16.6. The van der Waals surface area contributed by atoms with Gasteiger partial charge in [0.15, 0.2) is 0 Å². The summed E-state index contributed by atoms with van der Waals surface area (Å²) < 4.78 is 5.23. The van der Waals surface area contributed by atoms with Crippen LogP contribution in [0.5, 0.6) is 0 Å². The fourth-order valence-corrected chi connectivity index (χ4v) is 2.39. The molecule has 1 unspecified atom stereocenters. The average molecular weight is 305 g/mol. The molecular weight excluding hydrogens is 282 g/mol. The van der Waals surface area contributed by atoms with Crippen LogP contribution in [-0.4, -0.2) is 33.8 Å². The first-order valence-corrected chi connectivity index (χ1v) is 7.66. The summed E-state index contributed by atoms with van der Waals surface area (Å²) in [5.41, 5.74) is 2.37. The van der Waals surface area contributed by atoms with E-state index < -0.39 is 0 Å². The Kier molecular flexibility index (Phi) is 5.13. The lowest BCUT2D eigenvalue weighted by molar-refractivity contribution is 0.0930. The largest absolute Gasteiger partial charge is 0.396 e. The first-order chi connectivity index (χ1) is 10.5. The first-order valence-electron chi connectivity index (χ1n) is 7.66. The number of nitrogens with zero attached hydrogens (tertiary/aromatic N) is 2. The van der Waals surface area contributed by atoms with Gasteiger partial charge in [0.25, 0.3) is 11.6 Å². The predicted octanol–water partition coefficient (Wildman–Crippen LogP) is 2.55. The molecule has 2 heterocycles. The molecule has 2 N–H and O–H groups in total. The summed E-state index contributed by atoms with van der Waals surface area (Å²) in [7, 11) is 0. The minimum atomic E-state index is -0.180. The lowest BCUT2D eigenvalue weighted by Gasteiger charge is -2.16. The summed E-state index contributed by atoms with van der Waals surface area (Å²) in [6.45, 7) is 7.85. The van der Waals surface area contributed by atoms with E-state index >= 15 is 0 Å². The smallest absolute Gasteiger partial charge is 0.259 e. The fourth-order valence-electron chi connectivity index (χ4n) is 2.39. The van der Waals surface area contributed by atoms with Gasteiger partial charge < -0.3 is 14.9 Å². The number of aryl methyl sites for hydroxylation is 1. The highest BCUT2D eigenvalue weighted by Gasteiger charge is 2.21. The van der Waals surface area contributed by atoms with Gasteiger partial charge in [-0.25, -0.2) is 4.98 Å². The normalized spacial score (nSPS) is 12.8. The molecule has 0 saturated heterocycles. The third-order valence-corrected chi connectivity index (χ3v) is 3.78. The molecule has 0 aromatic carbocycles. The van der Waals surface area contributed by atoms with Crippen LogP contribution in [0.3, 0.4) is 0 Å². The van der Waals surface area contributed by atoms with E-state index in [-0.39, 0.29) is 24.5 Å². The van der Waals surface area contributed by atoms with Crippen molar-refractivity contribution >= 4 is 17.0 Å². The van der Waals surface area contributed by atoms with E-state index in [2.05, 4.69) is 15.5 Å². The van der Waals surface area contributed by atoms with Crippen molar-refractivity contribution in [2.45, 2.75) is 52.5 Å². The van der Waals surface area contributed by atoms with Crippen molar-refractivity contribution in [2.24, 2.45) is 0 Å². The van der Waals surface area contributed by atoms with E-state index in [1.807, 2.05) is 20.8 Å². The van der Waals surface area contributed by atoms with Crippen molar-refractivity contribution in [2.75, 3.05) is 6.61 Å². The van der Waals surface area contributed by atoms with Crippen LogP contribution in [0.25, 0.3) is 11.1 Å². The molecule has 120 valence electrons. The molecule has 0 spiro atoms. The van der Waals surface area contributed by atoms with E-state index in [1.54, 1.807) is 13.0 Å². The molecule has 1 atom stereocenters. The first kappa shape index (κ1) is 16.4. The van der Waals surface area contributed by atoms with Crippen LogP contribution in [0, 0.1) is 6.92 Å². The molecule has 6 nitrogen and oxygen atoms in total. The Hall–Kier alpha value is -1.95. The number of pyridine rings is 1. The van der Waals surface area contributed by atoms with Crippen LogP contribution in [0.1, 0.15) is 61.3 Å². The number of amides is 1. The van der Waals surface area contributed by atoms with Gasteiger partial charge in [-0.2, -0.15) is 0 Å². The Morgan fingerprint density at radius 2 is 2.18 bits per heavy atom. The Balaban J connectivity index is 2.43. The van der Waals surface area contributed by atoms with Gasteiger partial charge in [-0.05, 0) is 31.7 Å². The standard InChI is InChI=1S/C16H23N3O3/c1-5-11(6-7-20)17-15(21)12-8-13(9(2)3)18-16-14(12)10(4)19-22-16/h8-9,11,20H,5-7H2,1-4H3,(H,17,21). The van der Waals surface area contributed by atoms with Crippen molar-refractivity contribution in [3.63, 3.8) is 0 Å². The minimum absolute atomic E-state index is 0.0497. The maximum atomic E-state index is 12.6. The second-order valence-electron chi connectivity index (χ2n) is 5.79. The van der Waals surface area contributed by atoms with Crippen LogP contribution in [0.4, 0.5) is 0 Å². The van der Waals surface area contributed by atoms with Gasteiger partial charge in [-0.1, -0.05) is 25.9 Å². The highest BCUT2D eigenvalue weighted by atomic mass is 16.5. The maximum Gasteiger partial charge on any atom is 0.259 e. The number of rotatable bonds is 6. The van der Waals surface area contributed by atoms with E-state index in [0.29, 0.717) is 28.8 Å². The number of hydrogen-bond acceptors (Lipinski definition) is 5. The summed E-state index contributed by atoms with van der Waals surface area (Å²) in [6.07, 6.45) is 1.30. The summed E-state index contributed by atoms with van der Waals surface area (Å²) in [5.74, 6) is 0.00155. The van der Waals surface area contributed by atoms with Crippen LogP contribution in [0.15, 0.2) is 10.6 Å². The van der Waals surface area contributed by atoms with E-state index in [9.17, 15) is 4.79 Å². The number of carbonyl (C=O) groups is 1. The van der Waals surface area contributed by atoms with Gasteiger partial charge in [0.05, 0.1) is 16.6 Å². The molecule has 0 saturated carbocycles. The fraction of sp³-hybridized carbons (Fsp3) is 0.562. The second kappa shape index (κ2) is 6.87. The zero-order valence-electron chi connectivity index (χ0n) is 13.5. The number of aliphatic hydroxyl groups is 1. The molecule has 0 radical (unpaired) electrons. The van der Waals surface area contributed by atoms with Crippen LogP contribution in [-0.2, 0) is 0 Å². The second-order valence-corrected chi connectivity index (χ2v) is 5.79. The highest BCUT2D eigenvalue weighted by Crippen LogP contribution is 2.25. The zero-order chi connectivity index (χ0) is 16.3. The summed E-state index contributed by atoms with van der Waals surface area (Å²) in [4.78, 5) is 17.1. The third-order valence-electron chi connectivity index (χ3n) is 3.78. The van der Waals surface area contributed by atoms with Crippen molar-refractivity contribution in [3.05, 3.63) is 23.0 Å². The van der Waals surface area contributed by atoms with E-state index in [1.165, 1.54) is 0 Å². The molecule has 2 aromatic rings. The predicted molar refractivity (Wildman–Crippen MR) is 83.9 cm³/mol. The van der Waals surface area contributed by atoms with Crippen LogP contribution < -0.4 is 5.32 Å². The molecule has 2 rings (SSSR count). The Morgan fingerprint density at radius 3 is 2.77 bits per heavy atom. The van der Waals surface area contributed by atoms with Crippen molar-refractivity contribution in [1.29, 1.82) is 0 Å². The lowest BCUT2D eigenvalue weighted by atomic mass is 10.0. The molecule has 0 aliphatic rings. The molecule has 2 aromatic heterocycles. The van der Waals surface area contributed by atoms with Gasteiger partial charge in [0, 0.05) is 18.3 Å². The zero-order valence-corrected chi connectivity index (χ0v) is 13.5. The molecule has 0 bridgehead atoms. The SMILES string of the molecule is CCC(CCO)NC(=O)c1cc(C(C)C)nc2onc(C)c12. The number of hydrogen-bond donors (Lipinski definition) is 2. The quantitative estimate of drug-likeness (QED) is 0.856. The average Bonchev–Trinajstić information content (AvgIpc) is 2.87. The molecule has 1 amide bonds. The summed E-state index contributed by atoms with van der Waals surface area (Å²) in [6, 6.07) is 1.75. The number of aliphatic hydroxyl groups excluding tert-OH is 1. The Labute approximate surface area is 129 Å². The Morgan fingerprint density at radius 1 is 1.45 bits per heavy atom. The minimum Gasteiger partial charge on any atom is -0.396 e. The highest BCUT2D eigenvalue weighted by molar-refractivity contribution is 6.06. The molecule has 6 heteroatoms. The van der Waals surface area contributed by atoms with Gasteiger partial charge in [0.2, 0.25) is 0 Å². The summed E-state index contributed by atoms with van der Waals surface area (Å²) >= 11 is 0. The monoisotopic (exact) mass is 305 g/mol. The maximum absolute atomic E-state index is 12.6. The van der Waals surface area contributed by atoms with Crippen LogP contribution >= 0.6 is 0 Å². The van der Waals surface area contributed by atoms with Gasteiger partial charge in [-0.3, -0.25) is 4.79 Å². The molecule has 0 aliphatic carbocycles. The molecule has 0 fully saturated rings. The van der Waals surface area contributed by atoms with E-state index in [0.717, 1.165) is 12.1 Å². The van der Waals surface area contributed by atoms with Gasteiger partial charge in [0.1, 0.15) is 0 Å². The van der Waals surface area contributed by atoms with Crippen molar-refractivity contribution < 1.29 is 14.4 Å². The number of aromatic nitrogens is 2. The molecule has 22 heavy (non-hydrogen) atoms. The number of carbonyl (C=O) groups excluding carboxylic acids is 1. The van der Waals surface area contributed by atoms with Crippen LogP contribution in [0.2, 0.25) is 0 Å². The van der Waals surface area contributed by atoms with E-state index in [4.69, 9.17) is 9.63 Å². The number of nitrogens with one attached hydrogen (secondary N) is 1. The third kappa shape index (κ3) is 3.27. The molecule has 0 aliphatic heterocycles. The van der Waals surface area contributed by atoms with Crippen molar-refractivity contribution in [1.82, 2.24) is 15.5 Å². The Bertz CT molecular complexity index is 664. The topological polar surface area (TPSA) is 88.2 Å². The van der Waals surface area contributed by atoms with Gasteiger partial charge in [-0.15, -0.1) is 0 Å². The van der Waals surface area contributed by atoms with Gasteiger partial charge >= 0.3 is 0 Å². The van der Waals surface area contributed by atoms with Crippen molar-refractivity contribution in [3.8, 4) is 0 Å². The number of fused-ring (bicyclic) bond motifs is 1.